The molecule has 0 unspecified atom stereocenters. The zero-order valence-electron chi connectivity index (χ0n) is 17.7. The summed E-state index contributed by atoms with van der Waals surface area (Å²) in [6.07, 6.45) is 1.71. The van der Waals surface area contributed by atoms with Crippen molar-refractivity contribution in [2.45, 2.75) is 11.4 Å². The number of sulfonamides is 1. The molecule has 168 valence electrons. The van der Waals surface area contributed by atoms with Crippen LogP contribution >= 0.6 is 0 Å². The number of carbonyl (C=O) groups is 1. The van der Waals surface area contributed by atoms with Crippen molar-refractivity contribution in [3.8, 4) is 6.07 Å². The Bertz CT molecular complexity index is 1120. The van der Waals surface area contributed by atoms with Crippen LogP contribution in [0, 0.1) is 17.1 Å². The number of amides is 1. The van der Waals surface area contributed by atoms with Crippen molar-refractivity contribution < 1.29 is 17.6 Å². The molecular formula is C23H25FN4O3S. The van der Waals surface area contributed by atoms with Gasteiger partial charge in [0.05, 0.1) is 23.1 Å². The van der Waals surface area contributed by atoms with Gasteiger partial charge >= 0.3 is 0 Å². The maximum absolute atomic E-state index is 13.5. The molecule has 1 saturated heterocycles. The summed E-state index contributed by atoms with van der Waals surface area (Å²) in [5.41, 5.74) is 1.48. The topological polar surface area (TPSA) is 84.7 Å². The van der Waals surface area contributed by atoms with Crippen LogP contribution in [0.2, 0.25) is 0 Å². The monoisotopic (exact) mass is 456 g/mol. The smallest absolute Gasteiger partial charge is 0.243 e. The number of hydrogen-bond acceptors (Lipinski definition) is 5. The van der Waals surface area contributed by atoms with E-state index in [1.165, 1.54) is 22.5 Å². The first-order chi connectivity index (χ1) is 15.3. The van der Waals surface area contributed by atoms with Gasteiger partial charge in [0, 0.05) is 39.3 Å². The molecule has 7 nitrogen and oxygen atoms in total. The Labute approximate surface area is 188 Å². The van der Waals surface area contributed by atoms with Crippen LogP contribution in [0.5, 0.6) is 0 Å². The zero-order valence-corrected chi connectivity index (χ0v) is 18.5. The van der Waals surface area contributed by atoms with Gasteiger partial charge in [-0.25, -0.2) is 12.8 Å². The number of carbonyl (C=O) groups excluding carboxylic acids is 1. The Hall–Kier alpha value is -3.06. The van der Waals surface area contributed by atoms with E-state index in [1.807, 2.05) is 11.0 Å². The van der Waals surface area contributed by atoms with Crippen molar-refractivity contribution in [3.63, 3.8) is 0 Å². The van der Waals surface area contributed by atoms with Crippen molar-refractivity contribution in [2.24, 2.45) is 0 Å². The second-order valence-electron chi connectivity index (χ2n) is 7.51. The van der Waals surface area contributed by atoms with Crippen LogP contribution in [0.4, 0.5) is 4.39 Å². The molecule has 0 radical (unpaired) electrons. The standard InChI is InChI=1S/C23H25FN4O3S/c1-2-9-26(17-20-6-3-5-19(14-20)16-25)18-23(29)27-10-12-28(13-11-27)32(30,31)22-8-4-7-21(24)15-22/h2-8,14-15H,1,9-13,17-18H2. The van der Waals surface area contributed by atoms with Crippen LogP contribution in [0.25, 0.3) is 0 Å². The molecule has 1 aliphatic rings. The van der Waals surface area contributed by atoms with E-state index < -0.39 is 15.8 Å². The maximum atomic E-state index is 13.5. The van der Waals surface area contributed by atoms with E-state index in [1.54, 1.807) is 29.2 Å². The summed E-state index contributed by atoms with van der Waals surface area (Å²) < 4.78 is 40.2. The van der Waals surface area contributed by atoms with E-state index in [-0.39, 0.29) is 43.5 Å². The largest absolute Gasteiger partial charge is 0.339 e. The number of rotatable bonds is 8. The van der Waals surface area contributed by atoms with Crippen LogP contribution in [-0.4, -0.2) is 67.7 Å². The van der Waals surface area contributed by atoms with E-state index in [2.05, 4.69) is 12.6 Å². The number of hydrogen-bond donors (Lipinski definition) is 0. The molecule has 1 fully saturated rings. The molecule has 32 heavy (non-hydrogen) atoms. The summed E-state index contributed by atoms with van der Waals surface area (Å²) >= 11 is 0. The maximum Gasteiger partial charge on any atom is 0.243 e. The highest BCUT2D eigenvalue weighted by molar-refractivity contribution is 7.89. The molecule has 0 aromatic heterocycles. The molecule has 0 atom stereocenters. The molecule has 3 rings (SSSR count). The Morgan fingerprint density at radius 2 is 1.88 bits per heavy atom. The van der Waals surface area contributed by atoms with Crippen LogP contribution in [-0.2, 0) is 21.4 Å². The van der Waals surface area contributed by atoms with E-state index in [9.17, 15) is 17.6 Å². The summed E-state index contributed by atoms with van der Waals surface area (Å²) in [6, 6.07) is 14.3. The molecule has 0 N–H and O–H groups in total. The fourth-order valence-electron chi connectivity index (χ4n) is 3.61. The van der Waals surface area contributed by atoms with Crippen LogP contribution < -0.4 is 0 Å². The lowest BCUT2D eigenvalue weighted by Crippen LogP contribution is -2.52. The van der Waals surface area contributed by atoms with Gasteiger partial charge in [-0.3, -0.25) is 9.69 Å². The fraction of sp³-hybridized carbons (Fsp3) is 0.304. The molecule has 1 heterocycles. The molecule has 2 aromatic carbocycles. The average Bonchev–Trinajstić information content (AvgIpc) is 2.79. The van der Waals surface area contributed by atoms with E-state index >= 15 is 0 Å². The first kappa shape index (κ1) is 23.6. The molecular weight excluding hydrogens is 431 g/mol. The molecule has 1 aliphatic heterocycles. The van der Waals surface area contributed by atoms with E-state index in [0.29, 0.717) is 18.7 Å². The second kappa shape index (κ2) is 10.5. The fourth-order valence-corrected chi connectivity index (χ4v) is 5.06. The molecule has 0 aliphatic carbocycles. The molecule has 0 bridgehead atoms. The lowest BCUT2D eigenvalue weighted by molar-refractivity contribution is -0.133. The number of nitrogens with zero attached hydrogens (tertiary/aromatic N) is 4. The minimum absolute atomic E-state index is 0.0889. The minimum atomic E-state index is -3.81. The number of nitriles is 1. The van der Waals surface area contributed by atoms with Crippen LogP contribution in [0.3, 0.4) is 0 Å². The zero-order chi connectivity index (χ0) is 23.1. The summed E-state index contributed by atoms with van der Waals surface area (Å²) in [7, 11) is -3.81. The van der Waals surface area contributed by atoms with E-state index in [4.69, 9.17) is 5.26 Å². The first-order valence-electron chi connectivity index (χ1n) is 10.2. The predicted molar refractivity (Wildman–Crippen MR) is 118 cm³/mol. The van der Waals surface area contributed by atoms with Gasteiger partial charge in [-0.05, 0) is 35.9 Å². The Balaban J connectivity index is 1.60. The molecule has 1 amide bonds. The molecule has 0 spiro atoms. The number of halogens is 1. The van der Waals surface area contributed by atoms with Gasteiger partial charge < -0.3 is 4.90 Å². The van der Waals surface area contributed by atoms with Gasteiger partial charge in [-0.2, -0.15) is 9.57 Å². The van der Waals surface area contributed by atoms with Crippen molar-refractivity contribution in [1.82, 2.24) is 14.1 Å². The minimum Gasteiger partial charge on any atom is -0.339 e. The predicted octanol–water partition coefficient (Wildman–Crippen LogP) is 2.22. The Kier molecular flexibility index (Phi) is 7.75. The van der Waals surface area contributed by atoms with Crippen molar-refractivity contribution in [3.05, 3.63) is 78.1 Å². The van der Waals surface area contributed by atoms with Gasteiger partial charge in [0.25, 0.3) is 0 Å². The molecule has 9 heteroatoms. The highest BCUT2D eigenvalue weighted by atomic mass is 32.2. The summed E-state index contributed by atoms with van der Waals surface area (Å²) in [5.74, 6) is -0.714. The van der Waals surface area contributed by atoms with Crippen LogP contribution in [0.1, 0.15) is 11.1 Å². The summed E-state index contributed by atoms with van der Waals surface area (Å²) in [5, 5.41) is 9.07. The second-order valence-corrected chi connectivity index (χ2v) is 9.45. The highest BCUT2D eigenvalue weighted by Gasteiger charge is 2.30. The molecule has 0 saturated carbocycles. The SMILES string of the molecule is C=CCN(CC(=O)N1CCN(S(=O)(=O)c2cccc(F)c2)CC1)Cc1cccc(C#N)c1. The molecule has 2 aromatic rings. The van der Waals surface area contributed by atoms with Gasteiger partial charge in [-0.15, -0.1) is 6.58 Å². The third-order valence-electron chi connectivity index (χ3n) is 5.23. The van der Waals surface area contributed by atoms with Gasteiger partial charge in [-0.1, -0.05) is 24.3 Å². The van der Waals surface area contributed by atoms with Gasteiger partial charge in [0.2, 0.25) is 15.9 Å². The Morgan fingerprint density at radius 1 is 1.16 bits per heavy atom. The van der Waals surface area contributed by atoms with Gasteiger partial charge in [0.15, 0.2) is 0 Å². The summed E-state index contributed by atoms with van der Waals surface area (Å²) in [6.45, 7) is 5.71. The normalized spacial score (nSPS) is 14.8. The lowest BCUT2D eigenvalue weighted by Gasteiger charge is -2.35. The van der Waals surface area contributed by atoms with E-state index in [0.717, 1.165) is 11.6 Å². The van der Waals surface area contributed by atoms with Crippen molar-refractivity contribution in [1.29, 1.82) is 5.26 Å². The Morgan fingerprint density at radius 3 is 2.53 bits per heavy atom. The lowest BCUT2D eigenvalue weighted by atomic mass is 10.1. The quantitative estimate of drug-likeness (QED) is 0.569. The number of piperazine rings is 1. The van der Waals surface area contributed by atoms with Crippen molar-refractivity contribution in [2.75, 3.05) is 39.3 Å². The van der Waals surface area contributed by atoms with Crippen molar-refractivity contribution >= 4 is 15.9 Å². The van der Waals surface area contributed by atoms with Crippen LogP contribution in [0.15, 0.2) is 66.1 Å². The highest BCUT2D eigenvalue weighted by Crippen LogP contribution is 2.19. The third kappa shape index (κ3) is 5.79. The summed E-state index contributed by atoms with van der Waals surface area (Å²) in [4.78, 5) is 16.3. The average molecular weight is 457 g/mol. The van der Waals surface area contributed by atoms with Gasteiger partial charge in [0.1, 0.15) is 5.82 Å². The number of benzene rings is 2. The third-order valence-corrected chi connectivity index (χ3v) is 7.13. The first-order valence-corrected chi connectivity index (χ1v) is 11.6.